The number of carbonyl (C=O) groups is 1. The first-order chi connectivity index (χ1) is 11.4. The lowest BCUT2D eigenvalue weighted by Gasteiger charge is -2.38. The molecule has 1 fully saturated rings. The predicted molar refractivity (Wildman–Crippen MR) is 103 cm³/mol. The van der Waals surface area contributed by atoms with Gasteiger partial charge >= 0.3 is 0 Å². The Bertz CT molecular complexity index is 659. The molecule has 1 heterocycles. The lowest BCUT2D eigenvalue weighted by molar-refractivity contribution is 0.0733. The van der Waals surface area contributed by atoms with Crippen molar-refractivity contribution >= 4 is 34.4 Å². The van der Waals surface area contributed by atoms with E-state index < -0.39 is 0 Å². The second-order valence-corrected chi connectivity index (χ2v) is 8.83. The van der Waals surface area contributed by atoms with Crippen LogP contribution in [0.3, 0.4) is 0 Å². The van der Waals surface area contributed by atoms with E-state index in [1.807, 2.05) is 23.1 Å². The summed E-state index contributed by atoms with van der Waals surface area (Å²) in [5.41, 5.74) is 0.460. The maximum atomic E-state index is 13.4. The predicted octanol–water partition coefficient (Wildman–Crippen LogP) is 5.24. The molecule has 3 nitrogen and oxygen atoms in total. The first-order valence-corrected chi connectivity index (χ1v) is 10.1. The number of aliphatic imine (C=N–C) groups is 1. The molecule has 1 aromatic rings. The van der Waals surface area contributed by atoms with E-state index in [2.05, 4.69) is 20.8 Å². The minimum atomic E-state index is -0.114. The molecule has 1 amide bonds. The molecule has 0 unspecified atom stereocenters. The van der Waals surface area contributed by atoms with E-state index in [0.29, 0.717) is 16.5 Å². The van der Waals surface area contributed by atoms with Crippen molar-refractivity contribution in [2.75, 3.05) is 5.75 Å². The lowest BCUT2D eigenvalue weighted by Crippen LogP contribution is -2.47. The van der Waals surface area contributed by atoms with Gasteiger partial charge in [-0.1, -0.05) is 55.3 Å². The van der Waals surface area contributed by atoms with Gasteiger partial charge in [-0.3, -0.25) is 14.7 Å². The smallest absolute Gasteiger partial charge is 0.261 e. The summed E-state index contributed by atoms with van der Waals surface area (Å²) >= 11 is 8.00. The Kier molecular flexibility index (Phi) is 5.26. The van der Waals surface area contributed by atoms with Gasteiger partial charge in [0.2, 0.25) is 0 Å². The van der Waals surface area contributed by atoms with Crippen LogP contribution in [0.15, 0.2) is 29.3 Å². The molecule has 2 aliphatic rings. The Hall–Kier alpha value is -1.000. The van der Waals surface area contributed by atoms with Crippen LogP contribution in [-0.2, 0) is 0 Å². The highest BCUT2D eigenvalue weighted by atomic mass is 35.5. The maximum absolute atomic E-state index is 13.4. The van der Waals surface area contributed by atoms with E-state index in [0.717, 1.165) is 23.8 Å². The third kappa shape index (κ3) is 3.65. The highest BCUT2D eigenvalue weighted by Gasteiger charge is 2.38. The van der Waals surface area contributed by atoms with Gasteiger partial charge in [0.25, 0.3) is 5.91 Å². The Morgan fingerprint density at radius 3 is 2.62 bits per heavy atom. The normalized spacial score (nSPS) is 26.1. The van der Waals surface area contributed by atoms with Crippen LogP contribution in [0.2, 0.25) is 5.02 Å². The second-order valence-electron chi connectivity index (χ2n) is 7.48. The third-order valence-corrected chi connectivity index (χ3v) is 6.61. The molecule has 1 aliphatic heterocycles. The van der Waals surface area contributed by atoms with Gasteiger partial charge in [-0.25, -0.2) is 0 Å². The number of thioether (sulfide) groups is 1. The van der Waals surface area contributed by atoms with Gasteiger partial charge in [0.15, 0.2) is 5.17 Å². The van der Waals surface area contributed by atoms with Gasteiger partial charge in [-0.15, -0.1) is 0 Å². The number of carbonyl (C=O) groups excluding carboxylic acids is 1. The van der Waals surface area contributed by atoms with Crippen molar-refractivity contribution in [3.8, 4) is 0 Å². The first-order valence-electron chi connectivity index (χ1n) is 8.70. The van der Waals surface area contributed by atoms with Crippen LogP contribution in [0.5, 0.6) is 0 Å². The van der Waals surface area contributed by atoms with Crippen LogP contribution in [0.4, 0.5) is 0 Å². The number of nitrogens with zero attached hydrogens (tertiary/aromatic N) is 2. The van der Waals surface area contributed by atoms with Crippen molar-refractivity contribution < 1.29 is 4.79 Å². The van der Waals surface area contributed by atoms with Crippen LogP contribution in [-0.4, -0.2) is 33.3 Å². The number of amides is 1. The molecule has 0 aromatic heterocycles. The highest BCUT2D eigenvalue weighted by molar-refractivity contribution is 8.14. The van der Waals surface area contributed by atoms with Gasteiger partial charge in [-0.2, -0.15) is 0 Å². The summed E-state index contributed by atoms with van der Waals surface area (Å²) in [5.74, 6) is 1.39. The van der Waals surface area contributed by atoms with Crippen LogP contribution in [0, 0.1) is 5.92 Å². The number of benzene rings is 1. The molecular formula is C19H25ClN2OS. The Labute approximate surface area is 153 Å². The zero-order chi connectivity index (χ0) is 17.3. The summed E-state index contributed by atoms with van der Waals surface area (Å²) in [5, 5.41) is 1.38. The molecule has 2 atom stereocenters. The van der Waals surface area contributed by atoms with Gasteiger partial charge in [0.1, 0.15) is 0 Å². The largest absolute Gasteiger partial charge is 0.284 e. The molecule has 1 saturated carbocycles. The fourth-order valence-electron chi connectivity index (χ4n) is 3.51. The molecule has 1 aromatic carbocycles. The van der Waals surface area contributed by atoms with E-state index in [9.17, 15) is 4.79 Å². The van der Waals surface area contributed by atoms with E-state index in [1.165, 1.54) is 12.8 Å². The van der Waals surface area contributed by atoms with Crippen molar-refractivity contribution in [3.05, 3.63) is 34.9 Å². The molecule has 3 rings (SSSR count). The molecule has 5 heteroatoms. The number of amidine groups is 1. The van der Waals surface area contributed by atoms with Gasteiger partial charge in [-0.05, 0) is 44.7 Å². The lowest BCUT2D eigenvalue weighted by atomic mass is 9.85. The summed E-state index contributed by atoms with van der Waals surface area (Å²) < 4.78 is 0. The van der Waals surface area contributed by atoms with Crippen LogP contribution >= 0.6 is 23.4 Å². The van der Waals surface area contributed by atoms with E-state index >= 15 is 0 Å². The molecule has 0 saturated heterocycles. The Morgan fingerprint density at radius 2 is 2.00 bits per heavy atom. The van der Waals surface area contributed by atoms with Crippen molar-refractivity contribution in [1.29, 1.82) is 0 Å². The number of halogens is 1. The zero-order valence-corrected chi connectivity index (χ0v) is 16.2. The van der Waals surface area contributed by atoms with Crippen molar-refractivity contribution in [2.24, 2.45) is 10.9 Å². The van der Waals surface area contributed by atoms with Gasteiger partial charge in [0.05, 0.1) is 16.1 Å². The minimum absolute atomic E-state index is 0.0108. The topological polar surface area (TPSA) is 32.7 Å². The zero-order valence-electron chi connectivity index (χ0n) is 14.6. The Morgan fingerprint density at radius 1 is 1.29 bits per heavy atom. The summed E-state index contributed by atoms with van der Waals surface area (Å²) in [4.78, 5) is 20.2. The Balaban J connectivity index is 1.99. The minimum Gasteiger partial charge on any atom is -0.284 e. The first kappa shape index (κ1) is 17.8. The van der Waals surface area contributed by atoms with Crippen LogP contribution < -0.4 is 0 Å². The molecule has 0 spiro atoms. The van der Waals surface area contributed by atoms with E-state index in [4.69, 9.17) is 16.6 Å². The van der Waals surface area contributed by atoms with Crippen LogP contribution in [0.25, 0.3) is 0 Å². The van der Waals surface area contributed by atoms with Crippen molar-refractivity contribution in [2.45, 2.75) is 58.0 Å². The molecule has 0 N–H and O–H groups in total. The van der Waals surface area contributed by atoms with Crippen molar-refractivity contribution in [1.82, 2.24) is 4.90 Å². The standard InChI is InChI=1S/C19H25ClN2OS/c1-13-8-4-7-11-16(13)22(18-21-19(2,3)12-24-18)17(23)14-9-5-6-10-15(14)20/h5-6,9-10,13,16H,4,7-8,11-12H2,1-3H3/t13-,16+/m1/s1. The van der Waals surface area contributed by atoms with E-state index in [-0.39, 0.29) is 17.5 Å². The second kappa shape index (κ2) is 7.09. The van der Waals surface area contributed by atoms with Crippen molar-refractivity contribution in [3.63, 3.8) is 0 Å². The quantitative estimate of drug-likeness (QED) is 0.718. The summed E-state index contributed by atoms with van der Waals surface area (Å²) in [6.07, 6.45) is 4.62. The summed E-state index contributed by atoms with van der Waals surface area (Å²) in [6.45, 7) is 6.49. The molecule has 24 heavy (non-hydrogen) atoms. The fraction of sp³-hybridized carbons (Fsp3) is 0.579. The maximum Gasteiger partial charge on any atom is 0.261 e. The highest BCUT2D eigenvalue weighted by Crippen LogP contribution is 2.36. The summed E-state index contributed by atoms with van der Waals surface area (Å²) in [6, 6.07) is 7.54. The van der Waals surface area contributed by atoms with Crippen LogP contribution in [0.1, 0.15) is 56.8 Å². The molecule has 0 radical (unpaired) electrons. The number of hydrogen-bond acceptors (Lipinski definition) is 3. The monoisotopic (exact) mass is 364 g/mol. The average molecular weight is 365 g/mol. The molecule has 130 valence electrons. The average Bonchev–Trinajstić information content (AvgIpc) is 2.89. The molecule has 0 bridgehead atoms. The third-order valence-electron chi connectivity index (χ3n) is 4.88. The number of rotatable bonds is 2. The molecular weight excluding hydrogens is 340 g/mol. The fourth-order valence-corrected chi connectivity index (χ4v) is 4.94. The van der Waals surface area contributed by atoms with Gasteiger partial charge < -0.3 is 0 Å². The van der Waals surface area contributed by atoms with Gasteiger partial charge in [0, 0.05) is 11.8 Å². The van der Waals surface area contributed by atoms with E-state index in [1.54, 1.807) is 17.8 Å². The SMILES string of the molecule is C[C@@H]1CCCC[C@@H]1N(C(=O)c1ccccc1Cl)C1=NC(C)(C)CS1. The number of hydrogen-bond donors (Lipinski definition) is 0. The molecule has 1 aliphatic carbocycles. The summed E-state index contributed by atoms with van der Waals surface area (Å²) in [7, 11) is 0.